The number of hydrogen-bond acceptors (Lipinski definition) is 2. The first-order chi connectivity index (χ1) is 4.24. The van der Waals surface area contributed by atoms with E-state index in [0.29, 0.717) is 5.70 Å². The Bertz CT molecular complexity index is 194. The molecule has 0 spiro atoms. The van der Waals surface area contributed by atoms with Crippen molar-refractivity contribution in [3.63, 3.8) is 0 Å². The summed E-state index contributed by atoms with van der Waals surface area (Å²) in [5, 5.41) is 11.8. The van der Waals surface area contributed by atoms with Gasteiger partial charge in [0.15, 0.2) is 0 Å². The van der Waals surface area contributed by atoms with Crippen molar-refractivity contribution in [2.24, 2.45) is 0 Å². The largest absolute Gasteiger partial charge is 0.324 e. The quantitative estimate of drug-likeness (QED) is 0.425. The van der Waals surface area contributed by atoms with Gasteiger partial charge >= 0.3 is 6.03 Å². The second-order valence-electron chi connectivity index (χ2n) is 1.66. The SMILES string of the molecule is CC=C1NC(=O)NC1=N. The highest BCUT2D eigenvalue weighted by Gasteiger charge is 2.17. The zero-order chi connectivity index (χ0) is 6.85. The van der Waals surface area contributed by atoms with Crippen LogP contribution in [0.2, 0.25) is 0 Å². The van der Waals surface area contributed by atoms with Crippen molar-refractivity contribution in [1.29, 1.82) is 5.41 Å². The number of rotatable bonds is 0. The fourth-order valence-electron chi connectivity index (χ4n) is 0.613. The van der Waals surface area contributed by atoms with E-state index in [4.69, 9.17) is 5.41 Å². The van der Waals surface area contributed by atoms with Gasteiger partial charge < -0.3 is 5.32 Å². The molecule has 1 aliphatic rings. The van der Waals surface area contributed by atoms with E-state index >= 15 is 0 Å². The Morgan fingerprint density at radius 3 is 2.44 bits per heavy atom. The maximum absolute atomic E-state index is 10.4. The van der Waals surface area contributed by atoms with E-state index in [0.717, 1.165) is 0 Å². The van der Waals surface area contributed by atoms with Gasteiger partial charge in [0.05, 0.1) is 5.70 Å². The maximum atomic E-state index is 10.4. The maximum Gasteiger partial charge on any atom is 0.324 e. The lowest BCUT2D eigenvalue weighted by molar-refractivity contribution is 0.250. The topological polar surface area (TPSA) is 65.0 Å². The number of urea groups is 1. The molecule has 1 saturated heterocycles. The average molecular weight is 125 g/mol. The van der Waals surface area contributed by atoms with Crippen LogP contribution in [0.5, 0.6) is 0 Å². The van der Waals surface area contributed by atoms with Gasteiger partial charge in [-0.2, -0.15) is 0 Å². The van der Waals surface area contributed by atoms with Gasteiger partial charge in [0, 0.05) is 0 Å². The van der Waals surface area contributed by atoms with Crippen LogP contribution in [0.15, 0.2) is 11.8 Å². The number of allylic oxidation sites excluding steroid dienone is 1. The Balaban J connectivity index is 2.81. The number of carbonyl (C=O) groups excluding carboxylic acids is 1. The summed E-state index contributed by atoms with van der Waals surface area (Å²) in [5.74, 6) is 0.141. The van der Waals surface area contributed by atoms with Gasteiger partial charge in [-0.25, -0.2) is 4.79 Å². The van der Waals surface area contributed by atoms with Crippen LogP contribution in [0.3, 0.4) is 0 Å². The number of carbonyl (C=O) groups is 1. The van der Waals surface area contributed by atoms with Crippen molar-refractivity contribution in [3.8, 4) is 0 Å². The smallest absolute Gasteiger partial charge is 0.305 e. The lowest BCUT2D eigenvalue weighted by atomic mass is 10.4. The first-order valence-corrected chi connectivity index (χ1v) is 2.57. The van der Waals surface area contributed by atoms with Crippen LogP contribution in [-0.2, 0) is 0 Å². The molecule has 1 rings (SSSR count). The molecule has 0 saturated carbocycles. The summed E-state index contributed by atoms with van der Waals surface area (Å²) in [4.78, 5) is 10.4. The van der Waals surface area contributed by atoms with Crippen LogP contribution in [-0.4, -0.2) is 11.9 Å². The van der Waals surface area contributed by atoms with E-state index in [9.17, 15) is 4.79 Å². The Morgan fingerprint density at radius 1 is 1.56 bits per heavy atom. The predicted octanol–water partition coefficient (Wildman–Crippen LogP) is 0.180. The number of hydrogen-bond donors (Lipinski definition) is 3. The van der Waals surface area contributed by atoms with Crippen LogP contribution >= 0.6 is 0 Å². The van der Waals surface area contributed by atoms with Gasteiger partial charge in [-0.3, -0.25) is 10.7 Å². The molecule has 4 heteroatoms. The molecule has 2 amide bonds. The minimum Gasteiger partial charge on any atom is -0.305 e. The molecule has 1 heterocycles. The zero-order valence-corrected chi connectivity index (χ0v) is 4.99. The van der Waals surface area contributed by atoms with Gasteiger partial charge in [0.2, 0.25) is 0 Å². The molecule has 0 aromatic heterocycles. The summed E-state index contributed by atoms with van der Waals surface area (Å²) in [5.41, 5.74) is 0.542. The van der Waals surface area contributed by atoms with E-state index in [1.165, 1.54) is 0 Å². The predicted molar refractivity (Wildman–Crippen MR) is 33.2 cm³/mol. The Kier molecular flexibility index (Phi) is 1.22. The monoisotopic (exact) mass is 125 g/mol. The van der Waals surface area contributed by atoms with Crippen molar-refractivity contribution in [2.75, 3.05) is 0 Å². The lowest BCUT2D eigenvalue weighted by Gasteiger charge is -1.88. The molecule has 9 heavy (non-hydrogen) atoms. The van der Waals surface area contributed by atoms with Gasteiger partial charge in [-0.1, -0.05) is 6.08 Å². The molecule has 0 aliphatic carbocycles. The molecule has 0 aromatic rings. The molecule has 48 valence electrons. The first-order valence-electron chi connectivity index (χ1n) is 2.57. The van der Waals surface area contributed by atoms with Crippen LogP contribution in [0.1, 0.15) is 6.92 Å². The van der Waals surface area contributed by atoms with Crippen molar-refractivity contribution < 1.29 is 4.79 Å². The molecule has 0 radical (unpaired) electrons. The second-order valence-corrected chi connectivity index (χ2v) is 1.66. The molecule has 1 aliphatic heterocycles. The summed E-state index contributed by atoms with van der Waals surface area (Å²) >= 11 is 0. The molecule has 0 atom stereocenters. The average Bonchev–Trinajstić information content (AvgIpc) is 2.10. The minimum atomic E-state index is -0.326. The first kappa shape index (κ1) is 5.81. The minimum absolute atomic E-state index is 0.141. The van der Waals surface area contributed by atoms with Gasteiger partial charge in [-0.05, 0) is 6.92 Å². The second kappa shape index (κ2) is 1.89. The fourth-order valence-corrected chi connectivity index (χ4v) is 0.613. The molecule has 4 nitrogen and oxygen atoms in total. The van der Waals surface area contributed by atoms with Crippen LogP contribution < -0.4 is 10.6 Å². The van der Waals surface area contributed by atoms with E-state index in [1.807, 2.05) is 0 Å². The van der Waals surface area contributed by atoms with Crippen molar-refractivity contribution in [1.82, 2.24) is 10.6 Å². The molecule has 3 N–H and O–H groups in total. The Hall–Kier alpha value is -1.32. The summed E-state index contributed by atoms with van der Waals surface area (Å²) in [6.45, 7) is 1.76. The Morgan fingerprint density at radius 2 is 2.22 bits per heavy atom. The molecular weight excluding hydrogens is 118 g/mol. The number of nitrogens with one attached hydrogen (secondary N) is 3. The highest BCUT2D eigenvalue weighted by molar-refractivity contribution is 6.13. The van der Waals surface area contributed by atoms with Gasteiger partial charge in [0.1, 0.15) is 5.84 Å². The number of amides is 2. The third-order valence-corrected chi connectivity index (χ3v) is 1.04. The van der Waals surface area contributed by atoms with E-state index in [-0.39, 0.29) is 11.9 Å². The highest BCUT2D eigenvalue weighted by Crippen LogP contribution is 1.95. The van der Waals surface area contributed by atoms with Crippen molar-refractivity contribution >= 4 is 11.9 Å². The molecule has 1 fully saturated rings. The summed E-state index contributed by atoms with van der Waals surface area (Å²) < 4.78 is 0. The van der Waals surface area contributed by atoms with Crippen LogP contribution in [0, 0.1) is 5.41 Å². The van der Waals surface area contributed by atoms with E-state index in [2.05, 4.69) is 10.6 Å². The molecule has 0 unspecified atom stereocenters. The Labute approximate surface area is 52.5 Å². The van der Waals surface area contributed by atoms with Gasteiger partial charge in [0.25, 0.3) is 0 Å². The van der Waals surface area contributed by atoms with Crippen molar-refractivity contribution in [2.45, 2.75) is 6.92 Å². The van der Waals surface area contributed by atoms with Crippen LogP contribution in [0.25, 0.3) is 0 Å². The normalized spacial score (nSPS) is 22.1. The van der Waals surface area contributed by atoms with Gasteiger partial charge in [-0.15, -0.1) is 0 Å². The zero-order valence-electron chi connectivity index (χ0n) is 4.99. The van der Waals surface area contributed by atoms with Crippen LogP contribution in [0.4, 0.5) is 4.79 Å². The molecule has 0 aromatic carbocycles. The molecule has 0 bridgehead atoms. The summed E-state index contributed by atoms with van der Waals surface area (Å²) in [6.07, 6.45) is 1.67. The summed E-state index contributed by atoms with van der Waals surface area (Å²) in [7, 11) is 0. The lowest BCUT2D eigenvalue weighted by Crippen LogP contribution is -2.21. The fraction of sp³-hybridized carbons (Fsp3) is 0.200. The highest BCUT2D eigenvalue weighted by atomic mass is 16.2. The van der Waals surface area contributed by atoms with E-state index < -0.39 is 0 Å². The third-order valence-electron chi connectivity index (χ3n) is 1.04. The standard InChI is InChI=1S/C5H7N3O/c1-2-3-4(6)8-5(9)7-3/h2H,1H3,(H3,6,7,8,9). The number of amidine groups is 1. The third kappa shape index (κ3) is 0.910. The van der Waals surface area contributed by atoms with E-state index in [1.54, 1.807) is 13.0 Å². The summed E-state index contributed by atoms with van der Waals surface area (Å²) in [6, 6.07) is -0.326. The van der Waals surface area contributed by atoms with Crippen molar-refractivity contribution in [3.05, 3.63) is 11.8 Å². The molecular formula is C5H7N3O.